The molecule has 0 saturated heterocycles. The highest BCUT2D eigenvalue weighted by Gasteiger charge is 2.24. The van der Waals surface area contributed by atoms with Crippen molar-refractivity contribution in [1.82, 2.24) is 18.9 Å². The fourth-order valence-corrected chi connectivity index (χ4v) is 4.26. The minimum Gasteiger partial charge on any atom is -0.326 e. The van der Waals surface area contributed by atoms with Crippen molar-refractivity contribution in [1.29, 1.82) is 0 Å². The van der Waals surface area contributed by atoms with E-state index in [0.717, 1.165) is 22.3 Å². The van der Waals surface area contributed by atoms with Gasteiger partial charge in [0.2, 0.25) is 0 Å². The summed E-state index contributed by atoms with van der Waals surface area (Å²) in [6.45, 7) is 4.44. The van der Waals surface area contributed by atoms with Crippen molar-refractivity contribution in [2.45, 2.75) is 45.6 Å². The topological polar surface area (TPSA) is 35.1 Å². The number of nitrogens with zero attached hydrogens (tertiary/aromatic N) is 4. The van der Waals surface area contributed by atoms with E-state index in [9.17, 15) is 0 Å². The summed E-state index contributed by atoms with van der Waals surface area (Å²) in [4.78, 5) is 9.74. The second-order valence-corrected chi connectivity index (χ2v) is 6.76. The molecule has 0 radical (unpaired) electrons. The molecule has 0 aliphatic heterocycles. The normalized spacial score (nSPS) is 16.3. The number of imidazole rings is 1. The van der Waals surface area contributed by atoms with Gasteiger partial charge in [-0.25, -0.2) is 9.97 Å². The van der Waals surface area contributed by atoms with Gasteiger partial charge >= 0.3 is 0 Å². The third-order valence-electron chi connectivity index (χ3n) is 5.54. The number of fused-ring (bicyclic) bond motifs is 5. The van der Waals surface area contributed by atoms with Crippen molar-refractivity contribution in [3.05, 3.63) is 41.9 Å². The first-order chi connectivity index (χ1) is 11.3. The maximum absolute atomic E-state index is 4.89. The molecule has 0 bridgehead atoms. The summed E-state index contributed by atoms with van der Waals surface area (Å²) in [5.41, 5.74) is 6.97. The van der Waals surface area contributed by atoms with Gasteiger partial charge in [0.25, 0.3) is 0 Å². The van der Waals surface area contributed by atoms with Crippen LogP contribution in [0, 0.1) is 13.8 Å². The van der Waals surface area contributed by atoms with E-state index in [1.807, 2.05) is 12.4 Å². The molecule has 0 spiro atoms. The first kappa shape index (κ1) is 13.1. The molecule has 3 aromatic heterocycles. The molecule has 116 valence electrons. The third-order valence-corrected chi connectivity index (χ3v) is 5.54. The molecule has 23 heavy (non-hydrogen) atoms. The highest BCUT2D eigenvalue weighted by atomic mass is 15.1. The SMILES string of the molecule is Cc1c(C)n(C2CCCC2)c2ncn3c4ccccc4nc3c12. The molecular weight excluding hydrogens is 284 g/mol. The highest BCUT2D eigenvalue weighted by molar-refractivity contribution is 5.98. The first-order valence-electron chi connectivity index (χ1n) is 8.48. The molecule has 4 heteroatoms. The lowest BCUT2D eigenvalue weighted by Gasteiger charge is -2.15. The van der Waals surface area contributed by atoms with E-state index in [1.54, 1.807) is 0 Å². The molecule has 1 aliphatic carbocycles. The lowest BCUT2D eigenvalue weighted by atomic mass is 10.2. The van der Waals surface area contributed by atoms with Gasteiger partial charge in [-0.2, -0.15) is 0 Å². The van der Waals surface area contributed by atoms with Crippen LogP contribution in [0.2, 0.25) is 0 Å². The molecule has 4 nitrogen and oxygen atoms in total. The monoisotopic (exact) mass is 304 g/mol. The standard InChI is InChI=1S/C19H20N4/c1-12-13(2)23(14-7-3-4-8-14)18-17(12)19-21-15-9-5-6-10-16(15)22(19)11-20-18/h5-6,9-11,14H,3-4,7-8H2,1-2H3. The largest absolute Gasteiger partial charge is 0.326 e. The molecule has 5 rings (SSSR count). The van der Waals surface area contributed by atoms with Crippen molar-refractivity contribution in [2.24, 2.45) is 0 Å². The average molecular weight is 304 g/mol. The molecule has 1 aromatic carbocycles. The van der Waals surface area contributed by atoms with Crippen LogP contribution in [0.1, 0.15) is 43.0 Å². The number of hydrogen-bond donors (Lipinski definition) is 0. The molecule has 4 aromatic rings. The van der Waals surface area contributed by atoms with E-state index >= 15 is 0 Å². The third kappa shape index (κ3) is 1.66. The molecule has 3 heterocycles. The predicted octanol–water partition coefficient (Wildman–Crippen LogP) is 4.57. The lowest BCUT2D eigenvalue weighted by Crippen LogP contribution is -2.07. The van der Waals surface area contributed by atoms with E-state index in [0.29, 0.717) is 6.04 Å². The molecule has 1 aliphatic rings. The minimum atomic E-state index is 0.602. The van der Waals surface area contributed by atoms with Gasteiger partial charge in [-0.15, -0.1) is 0 Å². The van der Waals surface area contributed by atoms with E-state index in [2.05, 4.69) is 41.0 Å². The maximum Gasteiger partial charge on any atom is 0.150 e. The van der Waals surface area contributed by atoms with Crippen LogP contribution in [0.25, 0.3) is 27.7 Å². The van der Waals surface area contributed by atoms with Gasteiger partial charge in [0.05, 0.1) is 16.4 Å². The summed E-state index contributed by atoms with van der Waals surface area (Å²) < 4.78 is 4.60. The lowest BCUT2D eigenvalue weighted by molar-refractivity contribution is 0.521. The Hall–Kier alpha value is -2.36. The zero-order valence-corrected chi connectivity index (χ0v) is 13.6. The fraction of sp³-hybridized carbons (Fsp3) is 0.368. The van der Waals surface area contributed by atoms with Crippen molar-refractivity contribution >= 4 is 27.7 Å². The summed E-state index contributed by atoms with van der Waals surface area (Å²) in [7, 11) is 0. The second kappa shape index (κ2) is 4.57. The molecule has 0 N–H and O–H groups in total. The zero-order chi connectivity index (χ0) is 15.6. The molecule has 0 amide bonds. The van der Waals surface area contributed by atoms with E-state index in [4.69, 9.17) is 9.97 Å². The predicted molar refractivity (Wildman–Crippen MR) is 93.0 cm³/mol. The van der Waals surface area contributed by atoms with Gasteiger partial charge in [0, 0.05) is 11.7 Å². The Morgan fingerprint density at radius 2 is 1.83 bits per heavy atom. The molecular formula is C19H20N4. The van der Waals surface area contributed by atoms with Gasteiger partial charge in [-0.1, -0.05) is 25.0 Å². The Morgan fingerprint density at radius 3 is 2.65 bits per heavy atom. The Kier molecular flexibility index (Phi) is 2.61. The van der Waals surface area contributed by atoms with Crippen LogP contribution in [0.5, 0.6) is 0 Å². The van der Waals surface area contributed by atoms with Crippen molar-refractivity contribution in [3.8, 4) is 0 Å². The Labute approximate surface area is 134 Å². The summed E-state index contributed by atoms with van der Waals surface area (Å²) in [5.74, 6) is 0. The van der Waals surface area contributed by atoms with Gasteiger partial charge in [-0.05, 0) is 44.4 Å². The number of benzene rings is 1. The quantitative estimate of drug-likeness (QED) is 0.516. The van der Waals surface area contributed by atoms with E-state index in [-0.39, 0.29) is 0 Å². The summed E-state index contributed by atoms with van der Waals surface area (Å²) in [6.07, 6.45) is 7.15. The maximum atomic E-state index is 4.89. The highest BCUT2D eigenvalue weighted by Crippen LogP contribution is 2.37. The average Bonchev–Trinajstić information content (AvgIpc) is 3.25. The van der Waals surface area contributed by atoms with Crippen molar-refractivity contribution in [3.63, 3.8) is 0 Å². The molecule has 1 fully saturated rings. The first-order valence-corrected chi connectivity index (χ1v) is 8.48. The van der Waals surface area contributed by atoms with Crippen LogP contribution in [0.15, 0.2) is 30.6 Å². The number of hydrogen-bond acceptors (Lipinski definition) is 2. The van der Waals surface area contributed by atoms with Crippen LogP contribution in [0.4, 0.5) is 0 Å². The Bertz CT molecular complexity index is 1050. The van der Waals surface area contributed by atoms with E-state index < -0.39 is 0 Å². The van der Waals surface area contributed by atoms with Gasteiger partial charge < -0.3 is 4.57 Å². The van der Waals surface area contributed by atoms with Crippen LogP contribution in [-0.2, 0) is 0 Å². The Morgan fingerprint density at radius 1 is 1.04 bits per heavy atom. The van der Waals surface area contributed by atoms with Gasteiger partial charge in [0.1, 0.15) is 12.0 Å². The van der Waals surface area contributed by atoms with Crippen LogP contribution in [0.3, 0.4) is 0 Å². The second-order valence-electron chi connectivity index (χ2n) is 6.76. The minimum absolute atomic E-state index is 0.602. The molecule has 0 unspecified atom stereocenters. The smallest absolute Gasteiger partial charge is 0.150 e. The number of aromatic nitrogens is 4. The molecule has 0 atom stereocenters. The van der Waals surface area contributed by atoms with Gasteiger partial charge in [-0.3, -0.25) is 4.40 Å². The number of aryl methyl sites for hydroxylation is 1. The fourth-order valence-electron chi connectivity index (χ4n) is 4.26. The zero-order valence-electron chi connectivity index (χ0n) is 13.6. The summed E-state index contributed by atoms with van der Waals surface area (Å²) in [6, 6.07) is 8.89. The van der Waals surface area contributed by atoms with Crippen LogP contribution < -0.4 is 0 Å². The Balaban J connectivity index is 1.92. The van der Waals surface area contributed by atoms with Crippen molar-refractivity contribution in [2.75, 3.05) is 0 Å². The molecule has 1 saturated carbocycles. The number of rotatable bonds is 1. The van der Waals surface area contributed by atoms with Gasteiger partial charge in [0.15, 0.2) is 5.65 Å². The van der Waals surface area contributed by atoms with E-state index in [1.165, 1.54) is 42.3 Å². The van der Waals surface area contributed by atoms with Crippen LogP contribution in [-0.4, -0.2) is 18.9 Å². The summed E-state index contributed by atoms with van der Waals surface area (Å²) >= 11 is 0. The van der Waals surface area contributed by atoms with Crippen LogP contribution >= 0.6 is 0 Å². The van der Waals surface area contributed by atoms with Crippen molar-refractivity contribution < 1.29 is 0 Å². The number of para-hydroxylation sites is 2. The summed E-state index contributed by atoms with van der Waals surface area (Å²) in [5, 5.41) is 1.22.